The third kappa shape index (κ3) is 2.91. The van der Waals surface area contributed by atoms with E-state index in [2.05, 4.69) is 27.4 Å². The standard InChI is InChI=1S/C12H18N4O3/c1-8-2-4-12(5-3-8,11(18)19)6-13-10(17)9-14-7-15-16-9/h7-8H,2-6H2,1H3,(H,13,17)(H,18,19)(H,14,15,16). The highest BCUT2D eigenvalue weighted by Gasteiger charge is 2.41. The highest BCUT2D eigenvalue weighted by molar-refractivity contribution is 5.90. The first kappa shape index (κ1) is 13.5. The molecule has 1 aliphatic rings. The maximum absolute atomic E-state index is 11.7. The molecule has 0 unspecified atom stereocenters. The predicted molar refractivity (Wildman–Crippen MR) is 66.4 cm³/mol. The van der Waals surface area contributed by atoms with Gasteiger partial charge in [-0.15, -0.1) is 0 Å². The van der Waals surface area contributed by atoms with E-state index in [0.29, 0.717) is 18.8 Å². The molecule has 0 saturated heterocycles. The van der Waals surface area contributed by atoms with Crippen molar-refractivity contribution in [2.45, 2.75) is 32.6 Å². The molecule has 104 valence electrons. The van der Waals surface area contributed by atoms with Gasteiger partial charge >= 0.3 is 5.97 Å². The minimum atomic E-state index is -0.845. The minimum Gasteiger partial charge on any atom is -0.481 e. The lowest BCUT2D eigenvalue weighted by molar-refractivity contribution is -0.151. The zero-order valence-electron chi connectivity index (χ0n) is 10.8. The van der Waals surface area contributed by atoms with E-state index in [1.165, 1.54) is 6.33 Å². The lowest BCUT2D eigenvalue weighted by Crippen LogP contribution is -2.45. The molecule has 0 radical (unpaired) electrons. The zero-order chi connectivity index (χ0) is 13.9. The Morgan fingerprint density at radius 2 is 2.21 bits per heavy atom. The van der Waals surface area contributed by atoms with Crippen LogP contribution in [-0.4, -0.2) is 38.7 Å². The molecule has 7 heteroatoms. The van der Waals surface area contributed by atoms with Crippen molar-refractivity contribution in [3.8, 4) is 0 Å². The van der Waals surface area contributed by atoms with E-state index in [1.807, 2.05) is 0 Å². The highest BCUT2D eigenvalue weighted by atomic mass is 16.4. The number of rotatable bonds is 4. The molecule has 1 aromatic rings. The largest absolute Gasteiger partial charge is 0.481 e. The van der Waals surface area contributed by atoms with E-state index >= 15 is 0 Å². The van der Waals surface area contributed by atoms with Crippen LogP contribution in [0, 0.1) is 11.3 Å². The van der Waals surface area contributed by atoms with Crippen molar-refractivity contribution in [1.82, 2.24) is 20.5 Å². The number of H-pyrrole nitrogens is 1. The van der Waals surface area contributed by atoms with E-state index < -0.39 is 17.3 Å². The van der Waals surface area contributed by atoms with Crippen LogP contribution in [0.4, 0.5) is 0 Å². The van der Waals surface area contributed by atoms with Crippen molar-refractivity contribution in [3.63, 3.8) is 0 Å². The molecule has 1 saturated carbocycles. The molecule has 1 heterocycles. The molecular formula is C12H18N4O3. The van der Waals surface area contributed by atoms with Gasteiger partial charge < -0.3 is 10.4 Å². The fourth-order valence-corrected chi connectivity index (χ4v) is 2.43. The number of carbonyl (C=O) groups is 2. The van der Waals surface area contributed by atoms with Crippen LogP contribution in [0.15, 0.2) is 6.33 Å². The fourth-order valence-electron chi connectivity index (χ4n) is 2.43. The van der Waals surface area contributed by atoms with Crippen LogP contribution in [0.5, 0.6) is 0 Å². The van der Waals surface area contributed by atoms with E-state index in [-0.39, 0.29) is 12.4 Å². The summed E-state index contributed by atoms with van der Waals surface area (Å²) in [7, 11) is 0. The van der Waals surface area contributed by atoms with Gasteiger partial charge in [0, 0.05) is 6.54 Å². The van der Waals surface area contributed by atoms with Gasteiger partial charge in [0.25, 0.3) is 5.91 Å². The van der Waals surface area contributed by atoms with Crippen LogP contribution in [0.3, 0.4) is 0 Å². The van der Waals surface area contributed by atoms with Crippen molar-refractivity contribution < 1.29 is 14.7 Å². The number of nitrogens with zero attached hydrogens (tertiary/aromatic N) is 2. The summed E-state index contributed by atoms with van der Waals surface area (Å²) >= 11 is 0. The molecule has 1 fully saturated rings. The van der Waals surface area contributed by atoms with Crippen molar-refractivity contribution >= 4 is 11.9 Å². The number of amides is 1. The molecule has 0 atom stereocenters. The second-order valence-electron chi connectivity index (χ2n) is 5.28. The smallest absolute Gasteiger partial charge is 0.311 e. The average Bonchev–Trinajstić information content (AvgIpc) is 2.92. The first-order valence-electron chi connectivity index (χ1n) is 6.40. The van der Waals surface area contributed by atoms with Gasteiger partial charge in [0.2, 0.25) is 5.82 Å². The quantitative estimate of drug-likeness (QED) is 0.747. The molecule has 1 aliphatic carbocycles. The van der Waals surface area contributed by atoms with Crippen molar-refractivity contribution in [1.29, 1.82) is 0 Å². The van der Waals surface area contributed by atoms with Crippen molar-refractivity contribution in [2.24, 2.45) is 11.3 Å². The molecule has 3 N–H and O–H groups in total. The molecule has 2 rings (SSSR count). The highest BCUT2D eigenvalue weighted by Crippen LogP contribution is 2.38. The summed E-state index contributed by atoms with van der Waals surface area (Å²) in [5, 5.41) is 18.1. The summed E-state index contributed by atoms with van der Waals surface area (Å²) in [5.41, 5.74) is -0.845. The van der Waals surface area contributed by atoms with Crippen LogP contribution in [0.1, 0.15) is 43.2 Å². The maximum Gasteiger partial charge on any atom is 0.311 e. The zero-order valence-corrected chi connectivity index (χ0v) is 10.8. The number of hydrogen-bond acceptors (Lipinski definition) is 4. The maximum atomic E-state index is 11.7. The van der Waals surface area contributed by atoms with E-state index in [1.54, 1.807) is 0 Å². The second kappa shape index (κ2) is 5.38. The molecule has 0 spiro atoms. The first-order chi connectivity index (χ1) is 9.03. The van der Waals surface area contributed by atoms with Gasteiger partial charge in [0.05, 0.1) is 5.41 Å². The summed E-state index contributed by atoms with van der Waals surface area (Å²) in [6.45, 7) is 2.26. The summed E-state index contributed by atoms with van der Waals surface area (Å²) in [6.07, 6.45) is 4.19. The number of carbonyl (C=O) groups excluding carboxylic acids is 1. The molecule has 19 heavy (non-hydrogen) atoms. The van der Waals surface area contributed by atoms with Gasteiger partial charge in [0.1, 0.15) is 6.33 Å². The van der Waals surface area contributed by atoms with Crippen molar-refractivity contribution in [2.75, 3.05) is 6.54 Å². The van der Waals surface area contributed by atoms with Crippen LogP contribution in [0.2, 0.25) is 0 Å². The summed E-state index contributed by atoms with van der Waals surface area (Å²) in [5.74, 6) is -0.601. The van der Waals surface area contributed by atoms with Crippen LogP contribution >= 0.6 is 0 Å². The number of aliphatic carboxylic acids is 1. The number of aromatic amines is 1. The molecular weight excluding hydrogens is 248 g/mol. The Morgan fingerprint density at radius 1 is 1.53 bits per heavy atom. The van der Waals surface area contributed by atoms with Crippen LogP contribution < -0.4 is 5.32 Å². The number of nitrogens with one attached hydrogen (secondary N) is 2. The molecule has 7 nitrogen and oxygen atoms in total. The minimum absolute atomic E-state index is 0.102. The molecule has 0 aliphatic heterocycles. The Kier molecular flexibility index (Phi) is 3.82. The Hall–Kier alpha value is -1.92. The van der Waals surface area contributed by atoms with Gasteiger partial charge in [-0.2, -0.15) is 5.10 Å². The summed E-state index contributed by atoms with van der Waals surface area (Å²) in [4.78, 5) is 27.0. The van der Waals surface area contributed by atoms with E-state index in [4.69, 9.17) is 0 Å². The van der Waals surface area contributed by atoms with Gasteiger partial charge in [-0.25, -0.2) is 4.98 Å². The fraction of sp³-hybridized carbons (Fsp3) is 0.667. The average molecular weight is 266 g/mol. The number of carboxylic acid groups (broad SMARTS) is 1. The number of carboxylic acids is 1. The van der Waals surface area contributed by atoms with Gasteiger partial charge in [-0.1, -0.05) is 6.92 Å². The summed E-state index contributed by atoms with van der Waals surface area (Å²) < 4.78 is 0. The van der Waals surface area contributed by atoms with E-state index in [0.717, 1.165) is 12.8 Å². The second-order valence-corrected chi connectivity index (χ2v) is 5.28. The molecule has 1 amide bonds. The number of aromatic nitrogens is 3. The Labute approximate surface area is 110 Å². The Morgan fingerprint density at radius 3 is 2.74 bits per heavy atom. The monoisotopic (exact) mass is 266 g/mol. The predicted octanol–water partition coefficient (Wildman–Crippen LogP) is 0.816. The Bertz CT molecular complexity index is 450. The SMILES string of the molecule is CC1CCC(CNC(=O)c2ncn[nH]2)(C(=O)O)CC1. The third-order valence-electron chi connectivity index (χ3n) is 3.90. The molecule has 0 aromatic carbocycles. The molecule has 1 aromatic heterocycles. The van der Waals surface area contributed by atoms with Crippen LogP contribution in [0.25, 0.3) is 0 Å². The normalized spacial score (nSPS) is 26.9. The lowest BCUT2D eigenvalue weighted by Gasteiger charge is -2.35. The first-order valence-corrected chi connectivity index (χ1v) is 6.40. The Balaban J connectivity index is 1.98. The third-order valence-corrected chi connectivity index (χ3v) is 3.90. The van der Waals surface area contributed by atoms with Gasteiger partial charge in [-0.3, -0.25) is 14.7 Å². The van der Waals surface area contributed by atoms with Gasteiger partial charge in [0.15, 0.2) is 0 Å². The molecule has 0 bridgehead atoms. The topological polar surface area (TPSA) is 108 Å². The van der Waals surface area contributed by atoms with E-state index in [9.17, 15) is 14.7 Å². The van der Waals surface area contributed by atoms with Crippen LogP contribution in [-0.2, 0) is 4.79 Å². The van der Waals surface area contributed by atoms with Gasteiger partial charge in [-0.05, 0) is 31.6 Å². The number of hydrogen-bond donors (Lipinski definition) is 3. The summed E-state index contributed by atoms with van der Waals surface area (Å²) in [6, 6.07) is 0. The van der Waals surface area contributed by atoms with Crippen molar-refractivity contribution in [3.05, 3.63) is 12.2 Å². The lowest BCUT2D eigenvalue weighted by atomic mass is 9.71.